The number of hydrogen-bond acceptors (Lipinski definition) is 5. The number of rotatable bonds is 2. The number of nitrogens with one attached hydrogen (secondary N) is 3. The molecule has 2 aliphatic heterocycles. The maximum atomic E-state index is 12.1. The second kappa shape index (κ2) is 11.8. The molecule has 8 nitrogen and oxygen atoms in total. The number of nitrogens with zero attached hydrogens (tertiary/aromatic N) is 3. The van der Waals surface area contributed by atoms with Crippen LogP contribution in [0.3, 0.4) is 0 Å². The van der Waals surface area contributed by atoms with Crippen molar-refractivity contribution in [1.82, 2.24) is 30.2 Å². The summed E-state index contributed by atoms with van der Waals surface area (Å²) < 4.78 is 11.6. The van der Waals surface area contributed by atoms with Crippen molar-refractivity contribution in [2.24, 2.45) is 0 Å². The van der Waals surface area contributed by atoms with Crippen molar-refractivity contribution in [3.05, 3.63) is 60.2 Å². The lowest BCUT2D eigenvalue weighted by molar-refractivity contribution is 0.0292. The van der Waals surface area contributed by atoms with E-state index in [1.165, 1.54) is 17.5 Å². The number of benzene rings is 2. The molecule has 8 heteroatoms. The molecule has 0 bridgehead atoms. The number of fused-ring (bicyclic) bond motifs is 2. The van der Waals surface area contributed by atoms with Crippen LogP contribution in [-0.4, -0.2) is 62.7 Å². The molecule has 37 heavy (non-hydrogen) atoms. The number of likely N-dealkylation sites (tertiary alicyclic amines) is 1. The van der Waals surface area contributed by atoms with Gasteiger partial charge in [-0.3, -0.25) is 0 Å². The lowest BCUT2D eigenvalue weighted by Crippen LogP contribution is -2.35. The van der Waals surface area contributed by atoms with Crippen LogP contribution >= 0.6 is 0 Å². The van der Waals surface area contributed by atoms with Crippen LogP contribution in [0.1, 0.15) is 71.8 Å². The summed E-state index contributed by atoms with van der Waals surface area (Å²) >= 11 is 0. The van der Waals surface area contributed by atoms with Gasteiger partial charge in [0.05, 0.1) is 34.7 Å². The Morgan fingerprint density at radius 2 is 1.59 bits per heavy atom. The number of hydrogen-bond donors (Lipinski definition) is 3. The summed E-state index contributed by atoms with van der Waals surface area (Å²) in [5, 5.41) is 3.39. The van der Waals surface area contributed by atoms with Crippen LogP contribution in [0.2, 0.25) is 0 Å². The van der Waals surface area contributed by atoms with Gasteiger partial charge in [-0.1, -0.05) is 26.0 Å². The molecular formula is C29H40N6O2. The first-order chi connectivity index (χ1) is 18.3. The van der Waals surface area contributed by atoms with E-state index in [0.717, 1.165) is 48.1 Å². The van der Waals surface area contributed by atoms with Gasteiger partial charge >= 0.3 is 6.09 Å². The summed E-state index contributed by atoms with van der Waals surface area (Å²) in [6.07, 6.45) is 5.46. The Labute approximate surface area is 220 Å². The molecule has 2 saturated heterocycles. The van der Waals surface area contributed by atoms with Crippen LogP contribution in [-0.2, 0) is 4.74 Å². The zero-order valence-corrected chi connectivity index (χ0v) is 22.4. The molecule has 0 spiro atoms. The molecule has 0 aliphatic carbocycles. The highest BCUT2D eigenvalue weighted by molar-refractivity contribution is 5.76. The summed E-state index contributed by atoms with van der Waals surface area (Å²) in [6, 6.07) is 12.8. The fraction of sp³-hybridized carbons (Fsp3) is 0.483. The standard InChI is InChI=1S/C16H21N3O2.C11H13N3.C2H6/c1-16(2,3)21-15(20)19-7-6-12(9-19)11-4-5-13-14(8-11)18-10-17-13;1-2-10-11(14-7-13-10)5-8(1)9-3-4-12-6-9;1-2/h4-5,8,10,12H,6-7,9H2,1-3H3,(H,17,18);1-2,5,7,9,12H,3-4,6H2,(H,13,14);1-2H3/i;;1D. The molecule has 0 saturated carbocycles. The maximum absolute atomic E-state index is 12.1. The summed E-state index contributed by atoms with van der Waals surface area (Å²) in [4.78, 5) is 28.6. The molecule has 2 atom stereocenters. The van der Waals surface area contributed by atoms with Crippen LogP contribution in [0.25, 0.3) is 22.1 Å². The number of imidazole rings is 2. The van der Waals surface area contributed by atoms with Gasteiger partial charge in [0.25, 0.3) is 0 Å². The van der Waals surface area contributed by atoms with Crippen LogP contribution < -0.4 is 5.32 Å². The fourth-order valence-electron chi connectivity index (χ4n) is 4.88. The van der Waals surface area contributed by atoms with Gasteiger partial charge in [-0.25, -0.2) is 14.8 Å². The van der Waals surface area contributed by atoms with Crippen molar-refractivity contribution in [3.63, 3.8) is 0 Å². The van der Waals surface area contributed by atoms with E-state index in [-0.39, 0.29) is 6.09 Å². The molecule has 1 amide bonds. The molecule has 2 aromatic heterocycles. The van der Waals surface area contributed by atoms with E-state index in [2.05, 4.69) is 55.6 Å². The Balaban J connectivity index is 0.000000170. The van der Waals surface area contributed by atoms with E-state index in [1.807, 2.05) is 26.8 Å². The average molecular weight is 506 g/mol. The van der Waals surface area contributed by atoms with Crippen LogP contribution in [0.5, 0.6) is 0 Å². The third-order valence-electron chi connectivity index (χ3n) is 6.73. The first kappa shape index (κ1) is 25.3. The smallest absolute Gasteiger partial charge is 0.410 e. The molecule has 4 heterocycles. The summed E-state index contributed by atoms with van der Waals surface area (Å²) in [7, 11) is 0. The van der Waals surface area contributed by atoms with Gasteiger partial charge in [-0.15, -0.1) is 0 Å². The van der Waals surface area contributed by atoms with E-state index in [1.54, 1.807) is 24.5 Å². The number of amides is 1. The second-order valence-corrected chi connectivity index (χ2v) is 10.5. The van der Waals surface area contributed by atoms with Crippen LogP contribution in [0, 0.1) is 0 Å². The molecule has 198 valence electrons. The highest BCUT2D eigenvalue weighted by Crippen LogP contribution is 2.30. The molecule has 6 rings (SSSR count). The molecule has 4 aromatic rings. The number of carbonyl (C=O) groups is 1. The Hall–Kier alpha value is -3.39. The quantitative estimate of drug-likeness (QED) is 0.312. The van der Waals surface area contributed by atoms with Crippen molar-refractivity contribution in [1.29, 1.82) is 0 Å². The van der Waals surface area contributed by atoms with Crippen molar-refractivity contribution < 1.29 is 10.9 Å². The Kier molecular flexibility index (Phi) is 8.04. The van der Waals surface area contributed by atoms with Gasteiger partial charge < -0.3 is 24.9 Å². The molecule has 0 radical (unpaired) electrons. The Bertz CT molecular complexity index is 1320. The Morgan fingerprint density at radius 3 is 2.14 bits per heavy atom. The van der Waals surface area contributed by atoms with Crippen molar-refractivity contribution >= 4 is 28.2 Å². The number of H-pyrrole nitrogens is 2. The molecular weight excluding hydrogens is 464 g/mol. The zero-order valence-electron chi connectivity index (χ0n) is 23.4. The monoisotopic (exact) mass is 505 g/mol. The van der Waals surface area contributed by atoms with Gasteiger partial charge in [-0.05, 0) is 81.5 Å². The van der Waals surface area contributed by atoms with E-state index < -0.39 is 5.60 Å². The number of aromatic amines is 2. The normalized spacial score (nSPS) is 19.7. The summed E-state index contributed by atoms with van der Waals surface area (Å²) in [5.74, 6) is 1.05. The van der Waals surface area contributed by atoms with Gasteiger partial charge in [0.1, 0.15) is 5.60 Å². The minimum atomic E-state index is -0.440. The molecule has 3 N–H and O–H groups in total. The molecule has 2 aliphatic rings. The predicted molar refractivity (Wildman–Crippen MR) is 149 cm³/mol. The zero-order chi connectivity index (χ0) is 27.1. The largest absolute Gasteiger partial charge is 0.444 e. The minimum absolute atomic E-state index is 0.215. The summed E-state index contributed by atoms with van der Waals surface area (Å²) in [5.41, 5.74) is 6.45. The number of aromatic nitrogens is 4. The Morgan fingerprint density at radius 1 is 1.00 bits per heavy atom. The number of carbonyl (C=O) groups excluding carboxylic acids is 1. The fourth-order valence-corrected chi connectivity index (χ4v) is 4.88. The molecule has 2 aromatic carbocycles. The molecule has 2 fully saturated rings. The SMILES string of the molecule is CC(C)(C)OC(=O)N1CCC(c2ccc3nc[nH]c3c2)C1.[2H]CC.c1nc2ccc(C3CCNC3)cc2[nH]1. The lowest BCUT2D eigenvalue weighted by atomic mass is 9.98. The van der Waals surface area contributed by atoms with E-state index in [9.17, 15) is 4.79 Å². The topological polar surface area (TPSA) is 98.9 Å². The van der Waals surface area contributed by atoms with Crippen LogP contribution in [0.4, 0.5) is 4.79 Å². The van der Waals surface area contributed by atoms with Gasteiger partial charge in [0.15, 0.2) is 0 Å². The third-order valence-corrected chi connectivity index (χ3v) is 6.73. The van der Waals surface area contributed by atoms with Gasteiger partial charge in [0, 0.05) is 26.9 Å². The predicted octanol–water partition coefficient (Wildman–Crippen LogP) is 5.95. The minimum Gasteiger partial charge on any atom is -0.444 e. The highest BCUT2D eigenvalue weighted by Gasteiger charge is 2.30. The highest BCUT2D eigenvalue weighted by atomic mass is 16.6. The van der Waals surface area contributed by atoms with Gasteiger partial charge in [0.2, 0.25) is 0 Å². The average Bonchev–Trinajstić information content (AvgIpc) is 3.69. The van der Waals surface area contributed by atoms with E-state index in [0.29, 0.717) is 25.3 Å². The number of ether oxygens (including phenoxy) is 1. The van der Waals surface area contributed by atoms with Crippen molar-refractivity contribution in [3.8, 4) is 0 Å². The second-order valence-electron chi connectivity index (χ2n) is 10.5. The lowest BCUT2D eigenvalue weighted by Gasteiger charge is -2.24. The molecule has 2 unspecified atom stereocenters. The first-order valence-electron chi connectivity index (χ1n) is 13.8. The maximum Gasteiger partial charge on any atom is 0.410 e. The van der Waals surface area contributed by atoms with E-state index in [4.69, 9.17) is 6.11 Å². The van der Waals surface area contributed by atoms with E-state index >= 15 is 0 Å². The van der Waals surface area contributed by atoms with Crippen LogP contribution in [0.15, 0.2) is 49.1 Å². The van der Waals surface area contributed by atoms with Gasteiger partial charge in [-0.2, -0.15) is 0 Å². The third kappa shape index (κ3) is 6.68. The van der Waals surface area contributed by atoms with Crippen molar-refractivity contribution in [2.45, 2.75) is 64.9 Å². The first-order valence-corrected chi connectivity index (χ1v) is 13.1. The van der Waals surface area contributed by atoms with Crippen molar-refractivity contribution in [2.75, 3.05) is 26.2 Å². The summed E-state index contributed by atoms with van der Waals surface area (Å²) in [6.45, 7) is 11.7.